The van der Waals surface area contributed by atoms with Crippen LogP contribution >= 0.6 is 23.4 Å². The molecule has 0 bridgehead atoms. The zero-order valence-corrected chi connectivity index (χ0v) is 18.2. The highest BCUT2D eigenvalue weighted by atomic mass is 35.5. The van der Waals surface area contributed by atoms with Gasteiger partial charge in [-0.1, -0.05) is 41.9 Å². The largest absolute Gasteiger partial charge is 0.342 e. The van der Waals surface area contributed by atoms with E-state index in [-0.39, 0.29) is 17.8 Å². The highest BCUT2D eigenvalue weighted by molar-refractivity contribution is 7.99. The molecular weight excluding hydrogens is 433 g/mol. The first-order chi connectivity index (χ1) is 15.1. The quantitative estimate of drug-likeness (QED) is 0.431. The van der Waals surface area contributed by atoms with E-state index >= 15 is 0 Å². The number of amides is 2. The first-order valence-electron chi connectivity index (χ1n) is 9.95. The van der Waals surface area contributed by atoms with E-state index in [0.29, 0.717) is 17.3 Å². The average Bonchev–Trinajstić information content (AvgIpc) is 3.21. The number of rotatable bonds is 6. The van der Waals surface area contributed by atoms with Gasteiger partial charge < -0.3 is 5.32 Å². The molecule has 1 aliphatic rings. The predicted molar refractivity (Wildman–Crippen MR) is 125 cm³/mol. The van der Waals surface area contributed by atoms with Crippen LogP contribution in [0.2, 0.25) is 5.02 Å². The normalized spacial score (nSPS) is 15.6. The Morgan fingerprint density at radius 3 is 2.48 bits per heavy atom. The van der Waals surface area contributed by atoms with Gasteiger partial charge in [-0.2, -0.15) is 5.10 Å². The van der Waals surface area contributed by atoms with Crippen LogP contribution in [0, 0.1) is 11.7 Å². The summed E-state index contributed by atoms with van der Waals surface area (Å²) in [5, 5.41) is 9.51. The first kappa shape index (κ1) is 21.4. The smallest absolute Gasteiger partial charge is 0.306 e. The van der Waals surface area contributed by atoms with Crippen molar-refractivity contribution in [2.24, 2.45) is 11.0 Å². The third-order valence-corrected chi connectivity index (χ3v) is 6.25. The Kier molecular flexibility index (Phi) is 6.89. The summed E-state index contributed by atoms with van der Waals surface area (Å²) in [6.07, 6.45) is 0.876. The third kappa shape index (κ3) is 5.66. The Labute approximate surface area is 190 Å². The summed E-state index contributed by atoms with van der Waals surface area (Å²) in [5.74, 6) is 0.670. The second kappa shape index (κ2) is 9.98. The molecule has 158 valence electrons. The average molecular weight is 454 g/mol. The lowest BCUT2D eigenvalue weighted by molar-refractivity contribution is 0.215. The minimum absolute atomic E-state index is 0.108. The molecule has 0 radical (unpaired) electrons. The lowest BCUT2D eigenvalue weighted by atomic mass is 9.95. The maximum absolute atomic E-state index is 13.1. The maximum Gasteiger partial charge on any atom is 0.342 e. The van der Waals surface area contributed by atoms with E-state index in [1.54, 1.807) is 11.8 Å². The minimum atomic E-state index is -0.349. The molecule has 1 heterocycles. The molecule has 0 aliphatic carbocycles. The summed E-state index contributed by atoms with van der Waals surface area (Å²) >= 11 is 7.83. The van der Waals surface area contributed by atoms with Gasteiger partial charge in [-0.25, -0.2) is 14.2 Å². The fourth-order valence-electron chi connectivity index (χ4n) is 3.38. The van der Waals surface area contributed by atoms with Crippen molar-refractivity contribution in [2.75, 3.05) is 17.6 Å². The standard InChI is InChI=1S/C24H21ClFN3OS/c25-19-8-6-17(7-9-19)23-18(14-15-31-22-4-2-1-3-5-22)16-29(28-23)24(30)27-21-12-10-20(26)11-13-21/h1-13,18H,14-16H2,(H,27,30). The molecule has 0 saturated carbocycles. The van der Waals surface area contributed by atoms with Crippen LogP contribution in [0.15, 0.2) is 88.9 Å². The van der Waals surface area contributed by atoms with Crippen molar-refractivity contribution in [1.29, 1.82) is 0 Å². The Hall–Kier alpha value is -2.83. The molecule has 7 heteroatoms. The number of hydrogen-bond donors (Lipinski definition) is 1. The molecule has 1 unspecified atom stereocenters. The van der Waals surface area contributed by atoms with Gasteiger partial charge in [0.05, 0.1) is 12.3 Å². The molecule has 4 rings (SSSR count). The number of hydrazone groups is 1. The Morgan fingerprint density at radius 2 is 1.77 bits per heavy atom. The second-order valence-electron chi connectivity index (χ2n) is 7.16. The number of halogens is 2. The van der Waals surface area contributed by atoms with Gasteiger partial charge in [-0.15, -0.1) is 11.8 Å². The lowest BCUT2D eigenvalue weighted by Crippen LogP contribution is -2.30. The molecule has 4 nitrogen and oxygen atoms in total. The maximum atomic E-state index is 13.1. The van der Waals surface area contributed by atoms with Crippen molar-refractivity contribution in [2.45, 2.75) is 11.3 Å². The molecule has 0 saturated heterocycles. The predicted octanol–water partition coefficient (Wildman–Crippen LogP) is 6.53. The zero-order valence-electron chi connectivity index (χ0n) is 16.7. The molecule has 31 heavy (non-hydrogen) atoms. The molecule has 1 atom stereocenters. The number of hydrogen-bond acceptors (Lipinski definition) is 3. The van der Waals surface area contributed by atoms with Crippen molar-refractivity contribution < 1.29 is 9.18 Å². The van der Waals surface area contributed by atoms with Gasteiger partial charge in [0.15, 0.2) is 0 Å². The van der Waals surface area contributed by atoms with E-state index < -0.39 is 0 Å². The van der Waals surface area contributed by atoms with Crippen LogP contribution in [0.3, 0.4) is 0 Å². The van der Waals surface area contributed by atoms with Gasteiger partial charge in [0, 0.05) is 21.5 Å². The van der Waals surface area contributed by atoms with Crippen LogP contribution in [-0.4, -0.2) is 29.0 Å². The van der Waals surface area contributed by atoms with Crippen LogP contribution in [0.25, 0.3) is 0 Å². The summed E-state index contributed by atoms with van der Waals surface area (Å²) in [5.41, 5.74) is 2.36. The molecule has 1 N–H and O–H groups in total. The molecule has 2 amide bonds. The fourth-order valence-corrected chi connectivity index (χ4v) is 4.49. The van der Waals surface area contributed by atoms with Gasteiger partial charge in [-0.3, -0.25) is 0 Å². The van der Waals surface area contributed by atoms with E-state index in [4.69, 9.17) is 11.6 Å². The number of benzene rings is 3. The molecule has 0 spiro atoms. The summed E-state index contributed by atoms with van der Waals surface area (Å²) in [6, 6.07) is 23.1. The SMILES string of the molecule is O=C(Nc1ccc(F)cc1)N1CC(CCSc2ccccc2)C(c2ccc(Cl)cc2)=N1. The van der Waals surface area contributed by atoms with Crippen LogP contribution in [0.5, 0.6) is 0 Å². The third-order valence-electron chi connectivity index (χ3n) is 4.96. The van der Waals surface area contributed by atoms with Crippen LogP contribution in [-0.2, 0) is 0 Å². The summed E-state index contributed by atoms with van der Waals surface area (Å²) < 4.78 is 13.1. The van der Waals surface area contributed by atoms with Gasteiger partial charge in [0.25, 0.3) is 0 Å². The van der Waals surface area contributed by atoms with E-state index in [0.717, 1.165) is 23.4 Å². The summed E-state index contributed by atoms with van der Waals surface area (Å²) in [6.45, 7) is 0.486. The second-order valence-corrected chi connectivity index (χ2v) is 8.76. The van der Waals surface area contributed by atoms with Crippen molar-refractivity contribution in [3.63, 3.8) is 0 Å². The number of carbonyl (C=O) groups is 1. The van der Waals surface area contributed by atoms with E-state index in [1.165, 1.54) is 34.2 Å². The molecule has 3 aromatic carbocycles. The zero-order chi connectivity index (χ0) is 21.6. The molecule has 0 aromatic heterocycles. The van der Waals surface area contributed by atoms with Crippen LogP contribution in [0.1, 0.15) is 12.0 Å². The summed E-state index contributed by atoms with van der Waals surface area (Å²) in [7, 11) is 0. The Balaban J connectivity index is 1.47. The van der Waals surface area contributed by atoms with Crippen molar-refractivity contribution in [3.8, 4) is 0 Å². The number of anilines is 1. The highest BCUT2D eigenvalue weighted by Gasteiger charge is 2.31. The number of urea groups is 1. The molecule has 3 aromatic rings. The van der Waals surface area contributed by atoms with Gasteiger partial charge >= 0.3 is 6.03 Å². The molecular formula is C24H21ClFN3OS. The Morgan fingerprint density at radius 1 is 1.06 bits per heavy atom. The monoisotopic (exact) mass is 453 g/mol. The van der Waals surface area contributed by atoms with Gasteiger partial charge in [0.2, 0.25) is 0 Å². The van der Waals surface area contributed by atoms with Crippen LogP contribution < -0.4 is 5.32 Å². The topological polar surface area (TPSA) is 44.7 Å². The van der Waals surface area contributed by atoms with Gasteiger partial charge in [-0.05, 0) is 66.3 Å². The number of thioether (sulfide) groups is 1. The minimum Gasteiger partial charge on any atom is -0.306 e. The van der Waals surface area contributed by atoms with Crippen molar-refractivity contribution in [3.05, 3.63) is 95.3 Å². The number of nitrogens with one attached hydrogen (secondary N) is 1. The Bertz CT molecular complexity index is 1060. The van der Waals surface area contributed by atoms with Crippen molar-refractivity contribution >= 4 is 40.8 Å². The van der Waals surface area contributed by atoms with E-state index in [2.05, 4.69) is 22.6 Å². The van der Waals surface area contributed by atoms with Crippen LogP contribution in [0.4, 0.5) is 14.9 Å². The van der Waals surface area contributed by atoms with E-state index in [9.17, 15) is 9.18 Å². The number of nitrogens with zero attached hydrogens (tertiary/aromatic N) is 2. The molecule has 1 aliphatic heterocycles. The van der Waals surface area contributed by atoms with Gasteiger partial charge in [0.1, 0.15) is 5.82 Å². The highest BCUT2D eigenvalue weighted by Crippen LogP contribution is 2.27. The summed E-state index contributed by atoms with van der Waals surface area (Å²) in [4.78, 5) is 14.0. The molecule has 0 fully saturated rings. The lowest BCUT2D eigenvalue weighted by Gasteiger charge is -2.15. The first-order valence-corrected chi connectivity index (χ1v) is 11.3. The van der Waals surface area contributed by atoms with Crippen molar-refractivity contribution in [1.82, 2.24) is 5.01 Å². The van der Waals surface area contributed by atoms with E-state index in [1.807, 2.05) is 42.5 Å². The fraction of sp³-hybridized carbons (Fsp3) is 0.167. The number of carbonyl (C=O) groups excluding carboxylic acids is 1.